The number of hydrogen-bond donors (Lipinski definition) is 1. The molecule has 116 valence electrons. The van der Waals surface area contributed by atoms with Gasteiger partial charge < -0.3 is 5.32 Å². The zero-order valence-corrected chi connectivity index (χ0v) is 13.9. The van der Waals surface area contributed by atoms with Gasteiger partial charge in [-0.3, -0.25) is 4.90 Å². The van der Waals surface area contributed by atoms with Gasteiger partial charge in [-0.2, -0.15) is 0 Å². The first kappa shape index (κ1) is 16.4. The number of halogens is 1. The summed E-state index contributed by atoms with van der Waals surface area (Å²) in [5, 5.41) is 3.61. The topological polar surface area (TPSA) is 32.3 Å². The second kappa shape index (κ2) is 7.32. The van der Waals surface area contributed by atoms with E-state index in [0.717, 1.165) is 23.4 Å². The lowest BCUT2D eigenvalue weighted by Gasteiger charge is -2.22. The van der Waals surface area contributed by atoms with Crippen molar-refractivity contribution in [1.82, 2.24) is 0 Å². The van der Waals surface area contributed by atoms with Crippen molar-refractivity contribution in [3.05, 3.63) is 58.6 Å². The Morgan fingerprint density at radius 1 is 1.18 bits per heavy atom. The predicted octanol–water partition coefficient (Wildman–Crippen LogP) is 5.27. The minimum absolute atomic E-state index is 0.157. The molecule has 0 atom stereocenters. The quantitative estimate of drug-likeness (QED) is 0.818. The third kappa shape index (κ3) is 3.80. The summed E-state index contributed by atoms with van der Waals surface area (Å²) < 4.78 is 0. The molecule has 4 heteroatoms. The second-order valence-corrected chi connectivity index (χ2v) is 5.57. The van der Waals surface area contributed by atoms with Crippen LogP contribution in [0.5, 0.6) is 0 Å². The molecule has 0 fully saturated rings. The van der Waals surface area contributed by atoms with Gasteiger partial charge in [0.15, 0.2) is 0 Å². The molecule has 0 aliphatic carbocycles. The molecule has 0 spiro atoms. The van der Waals surface area contributed by atoms with E-state index in [2.05, 4.69) is 12.2 Å². The van der Waals surface area contributed by atoms with Gasteiger partial charge in [0.2, 0.25) is 0 Å². The molecule has 0 unspecified atom stereocenters. The molecular formula is C18H21ClN2O. The lowest BCUT2D eigenvalue weighted by Crippen LogP contribution is -2.34. The summed E-state index contributed by atoms with van der Waals surface area (Å²) in [6.45, 7) is 6.54. The van der Waals surface area contributed by atoms with Crippen LogP contribution in [0.25, 0.3) is 0 Å². The highest BCUT2D eigenvalue weighted by Gasteiger charge is 2.15. The van der Waals surface area contributed by atoms with Gasteiger partial charge in [-0.1, -0.05) is 36.7 Å². The van der Waals surface area contributed by atoms with E-state index in [9.17, 15) is 4.79 Å². The van der Waals surface area contributed by atoms with Crippen LogP contribution in [0.4, 0.5) is 16.2 Å². The maximum atomic E-state index is 12.5. The van der Waals surface area contributed by atoms with Crippen molar-refractivity contribution in [3.8, 4) is 0 Å². The summed E-state index contributed by atoms with van der Waals surface area (Å²) in [7, 11) is 0. The number of anilines is 2. The summed E-state index contributed by atoms with van der Waals surface area (Å²) in [4.78, 5) is 14.2. The van der Waals surface area contributed by atoms with E-state index in [1.807, 2.05) is 56.3 Å². The van der Waals surface area contributed by atoms with Crippen LogP contribution < -0.4 is 10.2 Å². The maximum absolute atomic E-state index is 12.5. The Morgan fingerprint density at radius 3 is 2.59 bits per heavy atom. The van der Waals surface area contributed by atoms with Gasteiger partial charge in [0.25, 0.3) is 0 Å². The molecule has 0 aromatic heterocycles. The lowest BCUT2D eigenvalue weighted by molar-refractivity contribution is 0.257. The van der Waals surface area contributed by atoms with E-state index in [0.29, 0.717) is 11.6 Å². The number of benzene rings is 2. The van der Waals surface area contributed by atoms with Crippen LogP contribution in [-0.2, 0) is 6.42 Å². The van der Waals surface area contributed by atoms with Crippen molar-refractivity contribution in [2.24, 2.45) is 0 Å². The third-order valence-electron chi connectivity index (χ3n) is 3.61. The Hall–Kier alpha value is -2.00. The minimum Gasteiger partial charge on any atom is -0.308 e. The van der Waals surface area contributed by atoms with Crippen LogP contribution in [0.1, 0.15) is 25.0 Å². The highest BCUT2D eigenvalue weighted by molar-refractivity contribution is 6.31. The van der Waals surface area contributed by atoms with E-state index in [4.69, 9.17) is 11.6 Å². The summed E-state index contributed by atoms with van der Waals surface area (Å²) in [6, 6.07) is 13.4. The summed E-state index contributed by atoms with van der Waals surface area (Å²) in [6.07, 6.45) is 0.939. The summed E-state index contributed by atoms with van der Waals surface area (Å²) >= 11 is 6.16. The summed E-state index contributed by atoms with van der Waals surface area (Å²) in [5.74, 6) is 0. The molecule has 2 aromatic carbocycles. The smallest absolute Gasteiger partial charge is 0.308 e. The number of nitrogens with one attached hydrogen (secondary N) is 1. The van der Waals surface area contributed by atoms with Gasteiger partial charge in [-0.15, -0.1) is 0 Å². The fourth-order valence-electron chi connectivity index (χ4n) is 2.25. The summed E-state index contributed by atoms with van der Waals surface area (Å²) in [5.41, 5.74) is 3.79. The molecular weight excluding hydrogens is 296 g/mol. The van der Waals surface area contributed by atoms with Gasteiger partial charge in [0.05, 0.1) is 0 Å². The van der Waals surface area contributed by atoms with Crippen molar-refractivity contribution in [3.63, 3.8) is 0 Å². The molecule has 0 aliphatic heterocycles. The van der Waals surface area contributed by atoms with E-state index < -0.39 is 0 Å². The average Bonchev–Trinajstić information content (AvgIpc) is 2.51. The molecule has 0 aliphatic rings. The fourth-order valence-corrected chi connectivity index (χ4v) is 2.43. The molecule has 0 saturated carbocycles. The van der Waals surface area contributed by atoms with E-state index in [-0.39, 0.29) is 6.03 Å². The molecule has 2 rings (SSSR count). The molecule has 0 bridgehead atoms. The maximum Gasteiger partial charge on any atom is 0.326 e. The van der Waals surface area contributed by atoms with E-state index in [1.165, 1.54) is 5.56 Å². The monoisotopic (exact) mass is 316 g/mol. The van der Waals surface area contributed by atoms with Crippen LogP contribution in [0.3, 0.4) is 0 Å². The van der Waals surface area contributed by atoms with E-state index in [1.54, 1.807) is 4.90 Å². The van der Waals surface area contributed by atoms with Crippen molar-refractivity contribution < 1.29 is 4.79 Å². The van der Waals surface area contributed by atoms with Gasteiger partial charge in [-0.25, -0.2) is 4.79 Å². The number of urea groups is 1. The second-order valence-electron chi connectivity index (χ2n) is 5.16. The van der Waals surface area contributed by atoms with Gasteiger partial charge in [-0.05, 0) is 55.7 Å². The number of aryl methyl sites for hydroxylation is 2. The third-order valence-corrected chi connectivity index (χ3v) is 4.02. The number of rotatable bonds is 4. The first-order valence-corrected chi connectivity index (χ1v) is 7.86. The highest BCUT2D eigenvalue weighted by Crippen LogP contribution is 2.24. The molecule has 0 saturated heterocycles. The number of nitrogens with zero attached hydrogens (tertiary/aromatic N) is 1. The zero-order valence-electron chi connectivity index (χ0n) is 13.2. The zero-order chi connectivity index (χ0) is 16.1. The minimum atomic E-state index is -0.157. The Labute approximate surface area is 136 Å². The average molecular weight is 317 g/mol. The van der Waals surface area contributed by atoms with Gasteiger partial charge >= 0.3 is 6.03 Å². The van der Waals surface area contributed by atoms with Crippen molar-refractivity contribution in [2.75, 3.05) is 16.8 Å². The molecule has 2 amide bonds. The number of carbonyl (C=O) groups is 1. The first-order valence-electron chi connectivity index (χ1n) is 7.48. The molecule has 3 nitrogen and oxygen atoms in total. The van der Waals surface area contributed by atoms with Gasteiger partial charge in [0.1, 0.15) is 0 Å². The van der Waals surface area contributed by atoms with Crippen LogP contribution in [-0.4, -0.2) is 12.6 Å². The largest absolute Gasteiger partial charge is 0.326 e. The van der Waals surface area contributed by atoms with E-state index >= 15 is 0 Å². The number of carbonyl (C=O) groups excluding carboxylic acids is 1. The highest BCUT2D eigenvalue weighted by atomic mass is 35.5. The SMILES string of the molecule is CCc1cccc(NC(=O)N(CC)c2ccc(C)c(Cl)c2)c1. The lowest BCUT2D eigenvalue weighted by atomic mass is 10.1. The van der Waals surface area contributed by atoms with Gasteiger partial charge in [0, 0.05) is 22.9 Å². The Kier molecular flexibility index (Phi) is 5.45. The van der Waals surface area contributed by atoms with Crippen molar-refractivity contribution in [1.29, 1.82) is 0 Å². The van der Waals surface area contributed by atoms with Crippen molar-refractivity contribution >= 4 is 29.0 Å². The first-order chi connectivity index (χ1) is 10.5. The van der Waals surface area contributed by atoms with Crippen LogP contribution in [0.2, 0.25) is 5.02 Å². The van der Waals surface area contributed by atoms with Crippen LogP contribution in [0.15, 0.2) is 42.5 Å². The molecule has 22 heavy (non-hydrogen) atoms. The fraction of sp³-hybridized carbons (Fsp3) is 0.278. The Morgan fingerprint density at radius 2 is 1.95 bits per heavy atom. The van der Waals surface area contributed by atoms with Crippen LogP contribution >= 0.6 is 11.6 Å². The molecule has 0 radical (unpaired) electrons. The van der Waals surface area contributed by atoms with Crippen LogP contribution in [0, 0.1) is 6.92 Å². The standard InChI is InChI=1S/C18H21ClN2O/c1-4-14-7-6-8-15(11-14)20-18(22)21(5-2)16-10-9-13(3)17(19)12-16/h6-12H,4-5H2,1-3H3,(H,20,22). The molecule has 1 N–H and O–H groups in total. The van der Waals surface area contributed by atoms with Crippen molar-refractivity contribution in [2.45, 2.75) is 27.2 Å². The predicted molar refractivity (Wildman–Crippen MR) is 94.0 cm³/mol. The number of amides is 2. The number of hydrogen-bond acceptors (Lipinski definition) is 1. The molecule has 0 heterocycles. The Bertz CT molecular complexity index is 670. The normalized spacial score (nSPS) is 10.4. The molecule has 2 aromatic rings. The Balaban J connectivity index is 2.19.